The Morgan fingerprint density at radius 3 is 2.44 bits per heavy atom. The molecule has 2 aliphatic heterocycles. The molecule has 140 valence electrons. The maximum Gasteiger partial charge on any atom is 0.211 e. The molecule has 25 heavy (non-hydrogen) atoms. The molecule has 0 spiro atoms. The molecule has 2 aliphatic rings. The predicted octanol–water partition coefficient (Wildman–Crippen LogP) is 3.87. The van der Waals surface area contributed by atoms with E-state index in [9.17, 15) is 8.42 Å². The van der Waals surface area contributed by atoms with Gasteiger partial charge in [-0.3, -0.25) is 4.90 Å². The van der Waals surface area contributed by atoms with Gasteiger partial charge in [-0.15, -0.1) is 0 Å². The van der Waals surface area contributed by atoms with Crippen molar-refractivity contribution in [3.05, 3.63) is 34.3 Å². The first-order valence-electron chi connectivity index (χ1n) is 9.38. The number of hydrogen-bond donors (Lipinski definition) is 0. The summed E-state index contributed by atoms with van der Waals surface area (Å²) in [6.45, 7) is 3.79. The Kier molecular flexibility index (Phi) is 6.58. The highest BCUT2D eigenvalue weighted by Crippen LogP contribution is 2.32. The van der Waals surface area contributed by atoms with Crippen molar-refractivity contribution in [2.75, 3.05) is 25.9 Å². The van der Waals surface area contributed by atoms with Crippen LogP contribution < -0.4 is 0 Å². The Labute approximate surface area is 160 Å². The van der Waals surface area contributed by atoms with Crippen LogP contribution in [0.2, 0.25) is 0 Å². The number of benzene rings is 1. The van der Waals surface area contributed by atoms with Gasteiger partial charge in [-0.2, -0.15) is 4.31 Å². The number of hydrogen-bond acceptors (Lipinski definition) is 3. The van der Waals surface area contributed by atoms with Gasteiger partial charge < -0.3 is 0 Å². The highest BCUT2D eigenvalue weighted by Gasteiger charge is 2.35. The second kappa shape index (κ2) is 8.51. The van der Waals surface area contributed by atoms with Crippen molar-refractivity contribution < 1.29 is 8.42 Å². The zero-order valence-corrected chi connectivity index (χ0v) is 17.4. The van der Waals surface area contributed by atoms with Crippen molar-refractivity contribution in [3.8, 4) is 0 Å². The fourth-order valence-corrected chi connectivity index (χ4v) is 5.99. The predicted molar refractivity (Wildman–Crippen MR) is 106 cm³/mol. The van der Waals surface area contributed by atoms with Gasteiger partial charge in [0.25, 0.3) is 0 Å². The van der Waals surface area contributed by atoms with Gasteiger partial charge in [0.15, 0.2) is 0 Å². The molecule has 0 aromatic heterocycles. The van der Waals surface area contributed by atoms with E-state index in [0.29, 0.717) is 12.5 Å². The molecule has 6 heteroatoms. The summed E-state index contributed by atoms with van der Waals surface area (Å²) in [7, 11) is -3.10. The molecule has 0 N–H and O–H groups in total. The molecular weight excluding hydrogens is 400 g/mol. The summed E-state index contributed by atoms with van der Waals surface area (Å²) in [5.74, 6) is 0.503. The Bertz CT molecular complexity index is 672. The second-order valence-electron chi connectivity index (χ2n) is 7.50. The van der Waals surface area contributed by atoms with Gasteiger partial charge in [-0.25, -0.2) is 8.42 Å². The highest BCUT2D eigenvalue weighted by molar-refractivity contribution is 9.10. The van der Waals surface area contributed by atoms with Gasteiger partial charge in [0, 0.05) is 23.6 Å². The van der Waals surface area contributed by atoms with Crippen LogP contribution in [0.3, 0.4) is 0 Å². The highest BCUT2D eigenvalue weighted by atomic mass is 79.9. The second-order valence-corrected chi connectivity index (χ2v) is 10.3. The number of sulfonamides is 1. The molecule has 0 bridgehead atoms. The minimum atomic E-state index is -3.10. The maximum atomic E-state index is 12.2. The summed E-state index contributed by atoms with van der Waals surface area (Å²) in [5, 5.41) is 0. The molecule has 1 aromatic carbocycles. The lowest BCUT2D eigenvalue weighted by atomic mass is 9.87. The summed E-state index contributed by atoms with van der Waals surface area (Å²) >= 11 is 3.64. The molecule has 2 heterocycles. The standard InChI is InChI=1S/C19H29BrN2O2S/c1-25(23,24)22-12-6-2-3-9-19(22)16-10-13-21(14-11-16)15-17-7-4-5-8-18(17)20/h4-5,7-8,16,19H,2-3,6,9-15H2,1H3. The van der Waals surface area contributed by atoms with Gasteiger partial charge in [0.05, 0.1) is 6.26 Å². The van der Waals surface area contributed by atoms with Crippen LogP contribution in [0.15, 0.2) is 28.7 Å². The van der Waals surface area contributed by atoms with Crippen molar-refractivity contribution in [3.63, 3.8) is 0 Å². The molecular formula is C19H29BrN2O2S. The van der Waals surface area contributed by atoms with Crippen molar-refractivity contribution in [2.24, 2.45) is 5.92 Å². The molecule has 3 rings (SSSR count). The molecule has 0 aliphatic carbocycles. The molecule has 4 nitrogen and oxygen atoms in total. The van der Waals surface area contributed by atoms with Gasteiger partial charge in [0.2, 0.25) is 10.0 Å². The van der Waals surface area contributed by atoms with Gasteiger partial charge >= 0.3 is 0 Å². The lowest BCUT2D eigenvalue weighted by Gasteiger charge is -2.39. The van der Waals surface area contributed by atoms with E-state index >= 15 is 0 Å². The lowest BCUT2D eigenvalue weighted by molar-refractivity contribution is 0.124. The van der Waals surface area contributed by atoms with Gasteiger partial charge in [-0.1, -0.05) is 47.0 Å². The molecule has 2 saturated heterocycles. The van der Waals surface area contributed by atoms with Crippen LogP contribution in [0.1, 0.15) is 44.1 Å². The van der Waals surface area contributed by atoms with E-state index < -0.39 is 10.0 Å². The Hall–Kier alpha value is -0.430. The van der Waals surface area contributed by atoms with Crippen molar-refractivity contribution in [1.82, 2.24) is 9.21 Å². The number of nitrogens with zero attached hydrogens (tertiary/aromatic N) is 2. The van der Waals surface area contributed by atoms with Crippen molar-refractivity contribution in [1.29, 1.82) is 0 Å². The van der Waals surface area contributed by atoms with Crippen LogP contribution in [0.5, 0.6) is 0 Å². The van der Waals surface area contributed by atoms with E-state index in [2.05, 4.69) is 39.0 Å². The normalized spacial score (nSPS) is 25.0. The third-order valence-electron chi connectivity index (χ3n) is 5.70. The molecule has 0 radical (unpaired) electrons. The quantitative estimate of drug-likeness (QED) is 0.730. The molecule has 1 unspecified atom stereocenters. The number of rotatable bonds is 4. The van der Waals surface area contributed by atoms with Crippen LogP contribution in [0, 0.1) is 5.92 Å². The fourth-order valence-electron chi connectivity index (χ4n) is 4.35. The van der Waals surface area contributed by atoms with E-state index in [1.807, 2.05) is 10.4 Å². The Morgan fingerprint density at radius 2 is 1.76 bits per heavy atom. The van der Waals surface area contributed by atoms with Gasteiger partial charge in [0.1, 0.15) is 0 Å². The Morgan fingerprint density at radius 1 is 1.04 bits per heavy atom. The summed E-state index contributed by atoms with van der Waals surface area (Å²) in [4.78, 5) is 2.50. The summed E-state index contributed by atoms with van der Waals surface area (Å²) in [6.07, 6.45) is 7.93. The SMILES string of the molecule is CS(=O)(=O)N1CCCCCC1C1CCN(Cc2ccccc2Br)CC1. The summed E-state index contributed by atoms with van der Waals surface area (Å²) < 4.78 is 27.5. The van der Waals surface area contributed by atoms with Crippen LogP contribution >= 0.6 is 15.9 Å². The van der Waals surface area contributed by atoms with Crippen molar-refractivity contribution in [2.45, 2.75) is 51.1 Å². The van der Waals surface area contributed by atoms with Crippen LogP contribution in [-0.2, 0) is 16.6 Å². The molecule has 2 fully saturated rings. The Balaban J connectivity index is 1.61. The van der Waals surface area contributed by atoms with Crippen LogP contribution in [-0.4, -0.2) is 49.6 Å². The first-order valence-corrected chi connectivity index (χ1v) is 12.0. The summed E-state index contributed by atoms with van der Waals surface area (Å²) in [6, 6.07) is 8.61. The van der Waals surface area contributed by atoms with Crippen molar-refractivity contribution >= 4 is 26.0 Å². The third kappa shape index (κ3) is 5.06. The monoisotopic (exact) mass is 428 g/mol. The van der Waals surface area contributed by atoms with E-state index in [-0.39, 0.29) is 6.04 Å². The third-order valence-corrected chi connectivity index (χ3v) is 7.78. The molecule has 0 saturated carbocycles. The van der Waals surface area contributed by atoms with E-state index in [1.54, 1.807) is 0 Å². The fraction of sp³-hybridized carbons (Fsp3) is 0.684. The van der Waals surface area contributed by atoms with Gasteiger partial charge in [-0.05, 0) is 56.3 Å². The average Bonchev–Trinajstić information content (AvgIpc) is 2.83. The largest absolute Gasteiger partial charge is 0.299 e. The first kappa shape index (κ1) is 19.3. The van der Waals surface area contributed by atoms with Crippen LogP contribution in [0.4, 0.5) is 0 Å². The molecule has 1 atom stereocenters. The van der Waals surface area contributed by atoms with E-state index in [1.165, 1.54) is 16.3 Å². The average molecular weight is 429 g/mol. The number of piperidine rings is 1. The topological polar surface area (TPSA) is 40.6 Å². The summed E-state index contributed by atoms with van der Waals surface area (Å²) in [5.41, 5.74) is 1.33. The minimum absolute atomic E-state index is 0.211. The van der Waals surface area contributed by atoms with E-state index in [4.69, 9.17) is 0 Å². The number of likely N-dealkylation sites (tertiary alicyclic amines) is 1. The van der Waals surface area contributed by atoms with Crippen LogP contribution in [0.25, 0.3) is 0 Å². The first-order chi connectivity index (χ1) is 11.9. The zero-order valence-electron chi connectivity index (χ0n) is 15.0. The zero-order chi connectivity index (χ0) is 17.9. The molecule has 1 aromatic rings. The minimum Gasteiger partial charge on any atom is -0.299 e. The number of halogens is 1. The maximum absolute atomic E-state index is 12.2. The molecule has 0 amide bonds. The smallest absolute Gasteiger partial charge is 0.211 e. The lowest BCUT2D eigenvalue weighted by Crippen LogP contribution is -2.47. The van der Waals surface area contributed by atoms with E-state index in [0.717, 1.165) is 58.2 Å².